The van der Waals surface area contributed by atoms with Gasteiger partial charge in [-0.25, -0.2) is 9.97 Å². The van der Waals surface area contributed by atoms with Gasteiger partial charge in [-0.3, -0.25) is 0 Å². The summed E-state index contributed by atoms with van der Waals surface area (Å²) in [5.41, 5.74) is 2.33. The summed E-state index contributed by atoms with van der Waals surface area (Å²) in [5.74, 6) is 0. The molecule has 0 aliphatic heterocycles. The highest BCUT2D eigenvalue weighted by Crippen LogP contribution is 2.24. The Morgan fingerprint density at radius 1 is 1.24 bits per heavy atom. The number of nitrogens with zero attached hydrogens (tertiary/aromatic N) is 2. The van der Waals surface area contributed by atoms with Gasteiger partial charge in [-0.05, 0) is 28.1 Å². The second-order valence-corrected chi connectivity index (χ2v) is 6.76. The highest BCUT2D eigenvalue weighted by Gasteiger charge is 2.17. The topological polar surface area (TPSA) is 25.8 Å². The van der Waals surface area contributed by atoms with Gasteiger partial charge < -0.3 is 0 Å². The van der Waals surface area contributed by atoms with Crippen molar-refractivity contribution in [2.75, 3.05) is 0 Å². The van der Waals surface area contributed by atoms with Crippen LogP contribution in [0.2, 0.25) is 0 Å². The summed E-state index contributed by atoms with van der Waals surface area (Å²) >= 11 is 5.10. The fourth-order valence-electron chi connectivity index (χ4n) is 1.44. The first-order valence-electron chi connectivity index (χ1n) is 5.51. The third-order valence-electron chi connectivity index (χ3n) is 2.43. The maximum absolute atomic E-state index is 4.67. The minimum Gasteiger partial charge on any atom is -0.246 e. The summed E-state index contributed by atoms with van der Waals surface area (Å²) in [7, 11) is 0. The average molecular weight is 311 g/mol. The Balaban J connectivity index is 2.17. The van der Waals surface area contributed by atoms with Gasteiger partial charge in [0.1, 0.15) is 4.60 Å². The van der Waals surface area contributed by atoms with Gasteiger partial charge in [0.2, 0.25) is 0 Å². The molecule has 2 aromatic heterocycles. The lowest BCUT2D eigenvalue weighted by Crippen LogP contribution is -2.11. The Hall–Kier alpha value is -0.740. The molecule has 0 N–H and O–H groups in total. The van der Waals surface area contributed by atoms with Crippen LogP contribution in [0.25, 0.3) is 0 Å². The van der Waals surface area contributed by atoms with Gasteiger partial charge in [0.05, 0.1) is 10.7 Å². The van der Waals surface area contributed by atoms with Crippen molar-refractivity contribution in [2.24, 2.45) is 0 Å². The predicted molar refractivity (Wildman–Crippen MR) is 75.6 cm³/mol. The van der Waals surface area contributed by atoms with E-state index in [-0.39, 0.29) is 5.41 Å². The third kappa shape index (κ3) is 3.36. The van der Waals surface area contributed by atoms with Crippen molar-refractivity contribution in [3.05, 3.63) is 44.6 Å². The van der Waals surface area contributed by atoms with Crippen LogP contribution in [0.4, 0.5) is 0 Å². The monoisotopic (exact) mass is 310 g/mol. The molecule has 2 aromatic rings. The van der Waals surface area contributed by atoms with Crippen LogP contribution in [-0.4, -0.2) is 9.97 Å². The number of pyridine rings is 1. The first kappa shape index (κ1) is 12.7. The Labute approximate surface area is 114 Å². The lowest BCUT2D eigenvalue weighted by Gasteiger charge is -2.14. The van der Waals surface area contributed by atoms with Crippen molar-refractivity contribution in [1.29, 1.82) is 0 Å². The molecule has 0 aromatic carbocycles. The van der Waals surface area contributed by atoms with Gasteiger partial charge in [0.15, 0.2) is 0 Å². The summed E-state index contributed by atoms with van der Waals surface area (Å²) < 4.78 is 0.877. The van der Waals surface area contributed by atoms with Crippen molar-refractivity contribution in [2.45, 2.75) is 32.6 Å². The van der Waals surface area contributed by atoms with E-state index in [1.807, 2.05) is 18.2 Å². The molecule has 0 atom stereocenters. The molecule has 0 aliphatic carbocycles. The van der Waals surface area contributed by atoms with Crippen LogP contribution in [0, 0.1) is 0 Å². The van der Waals surface area contributed by atoms with Crippen LogP contribution >= 0.6 is 27.3 Å². The van der Waals surface area contributed by atoms with E-state index in [4.69, 9.17) is 0 Å². The summed E-state index contributed by atoms with van der Waals surface area (Å²) in [4.78, 5) is 9.09. The van der Waals surface area contributed by atoms with Crippen LogP contribution in [0.1, 0.15) is 37.2 Å². The number of aromatic nitrogens is 2. The normalized spacial score (nSPS) is 11.8. The molecule has 0 aliphatic rings. The summed E-state index contributed by atoms with van der Waals surface area (Å²) in [6.45, 7) is 6.55. The minimum atomic E-state index is 0.124. The Morgan fingerprint density at radius 3 is 2.59 bits per heavy atom. The number of rotatable bonds is 2. The molecule has 0 radical (unpaired) electrons. The van der Waals surface area contributed by atoms with Crippen LogP contribution in [0.3, 0.4) is 0 Å². The molecule has 0 fully saturated rings. The number of thiazole rings is 1. The maximum atomic E-state index is 4.67. The van der Waals surface area contributed by atoms with Gasteiger partial charge in [-0.15, -0.1) is 11.3 Å². The van der Waals surface area contributed by atoms with E-state index < -0.39 is 0 Å². The van der Waals surface area contributed by atoms with Crippen molar-refractivity contribution >= 4 is 27.3 Å². The molecule has 0 unspecified atom stereocenters. The number of halogens is 1. The van der Waals surface area contributed by atoms with E-state index in [1.165, 1.54) is 0 Å². The minimum absolute atomic E-state index is 0.124. The SMILES string of the molecule is CC(C)(C)c1csc(Cc2cccc(Br)n2)n1. The molecule has 2 rings (SSSR count). The average Bonchev–Trinajstić information content (AvgIpc) is 2.65. The van der Waals surface area contributed by atoms with Gasteiger partial charge >= 0.3 is 0 Å². The van der Waals surface area contributed by atoms with Gasteiger partial charge in [-0.1, -0.05) is 26.8 Å². The molecule has 0 amide bonds. The standard InChI is InChI=1S/C13H15BrN2S/c1-13(2,3)10-8-17-12(16-10)7-9-5-4-6-11(14)15-9/h4-6,8H,7H2,1-3H3. The molecule has 2 nitrogen and oxygen atoms in total. The molecule has 0 saturated carbocycles. The second-order valence-electron chi connectivity index (χ2n) is 5.00. The smallest absolute Gasteiger partial charge is 0.106 e. The predicted octanol–water partition coefficient (Wildman–Crippen LogP) is 4.19. The first-order valence-corrected chi connectivity index (χ1v) is 7.19. The fourth-order valence-corrected chi connectivity index (χ4v) is 2.86. The van der Waals surface area contributed by atoms with Crippen LogP contribution in [0.5, 0.6) is 0 Å². The Kier molecular flexibility index (Phi) is 3.64. The molecule has 0 saturated heterocycles. The lowest BCUT2D eigenvalue weighted by atomic mass is 9.93. The largest absolute Gasteiger partial charge is 0.246 e. The van der Waals surface area contributed by atoms with E-state index in [9.17, 15) is 0 Å². The van der Waals surface area contributed by atoms with E-state index in [0.717, 1.165) is 27.4 Å². The summed E-state index contributed by atoms with van der Waals surface area (Å²) in [6.07, 6.45) is 0.806. The van der Waals surface area contributed by atoms with Crippen molar-refractivity contribution < 1.29 is 0 Å². The molecule has 17 heavy (non-hydrogen) atoms. The van der Waals surface area contributed by atoms with Crippen LogP contribution in [0.15, 0.2) is 28.2 Å². The zero-order chi connectivity index (χ0) is 12.5. The van der Waals surface area contributed by atoms with E-state index >= 15 is 0 Å². The highest BCUT2D eigenvalue weighted by molar-refractivity contribution is 9.10. The number of hydrogen-bond donors (Lipinski definition) is 0. The fraction of sp³-hybridized carbons (Fsp3) is 0.385. The van der Waals surface area contributed by atoms with Crippen molar-refractivity contribution in [1.82, 2.24) is 9.97 Å². The van der Waals surface area contributed by atoms with Crippen molar-refractivity contribution in [3.8, 4) is 0 Å². The molecular formula is C13H15BrN2S. The zero-order valence-electron chi connectivity index (χ0n) is 10.2. The van der Waals surface area contributed by atoms with Gasteiger partial charge in [-0.2, -0.15) is 0 Å². The maximum Gasteiger partial charge on any atom is 0.106 e. The highest BCUT2D eigenvalue weighted by atomic mass is 79.9. The molecule has 90 valence electrons. The molecule has 0 spiro atoms. The summed E-state index contributed by atoms with van der Waals surface area (Å²) in [5, 5.41) is 3.27. The molecule has 0 bridgehead atoms. The molecule has 4 heteroatoms. The van der Waals surface area contributed by atoms with E-state index in [2.05, 4.69) is 52.0 Å². The summed E-state index contributed by atoms with van der Waals surface area (Å²) in [6, 6.07) is 5.97. The quantitative estimate of drug-likeness (QED) is 0.777. The van der Waals surface area contributed by atoms with Crippen molar-refractivity contribution in [3.63, 3.8) is 0 Å². The van der Waals surface area contributed by atoms with Gasteiger partial charge in [0, 0.05) is 22.9 Å². The Bertz CT molecular complexity index is 514. The van der Waals surface area contributed by atoms with E-state index in [1.54, 1.807) is 11.3 Å². The molecular weight excluding hydrogens is 296 g/mol. The van der Waals surface area contributed by atoms with Gasteiger partial charge in [0.25, 0.3) is 0 Å². The zero-order valence-corrected chi connectivity index (χ0v) is 12.6. The Morgan fingerprint density at radius 2 is 2.00 bits per heavy atom. The van der Waals surface area contributed by atoms with Crippen LogP contribution in [-0.2, 0) is 11.8 Å². The van der Waals surface area contributed by atoms with E-state index in [0.29, 0.717) is 0 Å². The van der Waals surface area contributed by atoms with Crippen LogP contribution < -0.4 is 0 Å². The second kappa shape index (κ2) is 4.86. The molecule has 2 heterocycles. The number of hydrogen-bond acceptors (Lipinski definition) is 3. The lowest BCUT2D eigenvalue weighted by molar-refractivity contribution is 0.571. The first-order chi connectivity index (χ1) is 7.95. The third-order valence-corrected chi connectivity index (χ3v) is 3.72.